The molecule has 2 aromatic rings. The summed E-state index contributed by atoms with van der Waals surface area (Å²) >= 11 is 0. The number of phenolic OH excluding ortho intramolecular Hbond substituents is 1. The van der Waals surface area contributed by atoms with Crippen LogP contribution in [0.2, 0.25) is 0 Å². The Kier molecular flexibility index (Phi) is 4.62. The molecule has 0 aromatic heterocycles. The lowest BCUT2D eigenvalue weighted by Crippen LogP contribution is -2.18. The fourth-order valence-electron chi connectivity index (χ4n) is 1.98. The number of phenols is 1. The quantitative estimate of drug-likeness (QED) is 0.786. The summed E-state index contributed by atoms with van der Waals surface area (Å²) in [5.41, 5.74) is 1.88. The van der Waals surface area contributed by atoms with Crippen molar-refractivity contribution in [3.05, 3.63) is 59.7 Å². The summed E-state index contributed by atoms with van der Waals surface area (Å²) in [6.07, 6.45) is 0. The van der Waals surface area contributed by atoms with Crippen LogP contribution in [0.4, 0.5) is 0 Å². The molecule has 1 atom stereocenters. The van der Waals surface area contributed by atoms with Crippen molar-refractivity contribution in [2.45, 2.75) is 24.4 Å². The Bertz CT molecular complexity index is 712. The predicted molar refractivity (Wildman–Crippen MR) is 81.2 cm³/mol. The number of hydrogen-bond donors (Lipinski definition) is 3. The zero-order valence-corrected chi connectivity index (χ0v) is 12.5. The fourth-order valence-corrected chi connectivity index (χ4v) is 2.57. The summed E-state index contributed by atoms with van der Waals surface area (Å²) in [6, 6.07) is 13.6. The number of sulfonamides is 1. The average molecular weight is 306 g/mol. The van der Waals surface area contributed by atoms with Crippen LogP contribution in [0, 0.1) is 0 Å². The molecule has 4 N–H and O–H groups in total. The first kappa shape index (κ1) is 15.5. The smallest absolute Gasteiger partial charge is 0.238 e. The highest BCUT2D eigenvalue weighted by atomic mass is 32.2. The van der Waals surface area contributed by atoms with Crippen LogP contribution in [0.1, 0.15) is 24.1 Å². The normalized spacial score (nSPS) is 13.0. The highest BCUT2D eigenvalue weighted by Crippen LogP contribution is 2.17. The Labute approximate surface area is 124 Å². The van der Waals surface area contributed by atoms with Crippen LogP contribution >= 0.6 is 0 Å². The van der Waals surface area contributed by atoms with Crippen LogP contribution < -0.4 is 10.5 Å². The number of nitrogens with one attached hydrogen (secondary N) is 1. The molecule has 2 rings (SSSR count). The Morgan fingerprint density at radius 1 is 1.19 bits per heavy atom. The van der Waals surface area contributed by atoms with E-state index in [-0.39, 0.29) is 16.7 Å². The summed E-state index contributed by atoms with van der Waals surface area (Å²) < 4.78 is 22.6. The van der Waals surface area contributed by atoms with E-state index in [1.807, 2.05) is 25.1 Å². The lowest BCUT2D eigenvalue weighted by Gasteiger charge is -2.14. The van der Waals surface area contributed by atoms with E-state index in [0.29, 0.717) is 6.54 Å². The van der Waals surface area contributed by atoms with Gasteiger partial charge in [0, 0.05) is 12.6 Å². The van der Waals surface area contributed by atoms with Crippen LogP contribution in [0.5, 0.6) is 5.75 Å². The molecule has 0 bridgehead atoms. The van der Waals surface area contributed by atoms with E-state index >= 15 is 0 Å². The fraction of sp³-hybridized carbons (Fsp3) is 0.200. The number of rotatable bonds is 5. The minimum Gasteiger partial charge on any atom is -0.508 e. The number of nitrogens with two attached hydrogens (primary N) is 1. The highest BCUT2D eigenvalue weighted by molar-refractivity contribution is 7.89. The van der Waals surface area contributed by atoms with Crippen molar-refractivity contribution in [1.29, 1.82) is 0 Å². The summed E-state index contributed by atoms with van der Waals surface area (Å²) in [5.74, 6) is 0.229. The van der Waals surface area contributed by atoms with Crippen molar-refractivity contribution in [2.75, 3.05) is 0 Å². The van der Waals surface area contributed by atoms with Gasteiger partial charge in [0.05, 0.1) is 4.90 Å². The van der Waals surface area contributed by atoms with Gasteiger partial charge >= 0.3 is 0 Å². The van der Waals surface area contributed by atoms with Gasteiger partial charge in [0.1, 0.15) is 5.75 Å². The standard InChI is InChI=1S/C15H18N2O3S/c1-11(13-5-7-14(18)8-6-13)17-10-12-3-2-4-15(9-12)21(16,19)20/h2-9,11,17-18H,10H2,1H3,(H2,16,19,20). The van der Waals surface area contributed by atoms with Gasteiger partial charge in [0.2, 0.25) is 10.0 Å². The van der Waals surface area contributed by atoms with Gasteiger partial charge in [-0.15, -0.1) is 0 Å². The Morgan fingerprint density at radius 3 is 2.48 bits per heavy atom. The van der Waals surface area contributed by atoms with Crippen molar-refractivity contribution < 1.29 is 13.5 Å². The van der Waals surface area contributed by atoms with E-state index in [1.165, 1.54) is 6.07 Å². The van der Waals surface area contributed by atoms with Gasteiger partial charge in [-0.05, 0) is 42.3 Å². The Balaban J connectivity index is 2.04. The Hall–Kier alpha value is -1.89. The second-order valence-corrected chi connectivity index (χ2v) is 6.45. The first-order valence-electron chi connectivity index (χ1n) is 6.50. The van der Waals surface area contributed by atoms with Gasteiger partial charge in [-0.2, -0.15) is 0 Å². The monoisotopic (exact) mass is 306 g/mol. The van der Waals surface area contributed by atoms with E-state index in [4.69, 9.17) is 5.14 Å². The molecule has 0 amide bonds. The molecular formula is C15H18N2O3S. The average Bonchev–Trinajstić information content (AvgIpc) is 2.45. The third-order valence-electron chi connectivity index (χ3n) is 3.23. The van der Waals surface area contributed by atoms with Crippen molar-refractivity contribution in [1.82, 2.24) is 5.32 Å². The molecular weight excluding hydrogens is 288 g/mol. The molecule has 6 heteroatoms. The van der Waals surface area contributed by atoms with Gasteiger partial charge in [-0.3, -0.25) is 0 Å². The second kappa shape index (κ2) is 6.26. The Morgan fingerprint density at radius 2 is 1.86 bits per heavy atom. The minimum atomic E-state index is -3.68. The maximum Gasteiger partial charge on any atom is 0.238 e. The third kappa shape index (κ3) is 4.29. The minimum absolute atomic E-state index is 0.0729. The molecule has 0 saturated carbocycles. The van der Waals surface area contributed by atoms with Crippen LogP contribution in [-0.4, -0.2) is 13.5 Å². The lowest BCUT2D eigenvalue weighted by molar-refractivity contribution is 0.474. The van der Waals surface area contributed by atoms with Gasteiger partial charge < -0.3 is 10.4 Å². The van der Waals surface area contributed by atoms with E-state index in [9.17, 15) is 13.5 Å². The molecule has 0 aliphatic rings. The highest BCUT2D eigenvalue weighted by Gasteiger charge is 2.09. The van der Waals surface area contributed by atoms with Crippen LogP contribution in [0.15, 0.2) is 53.4 Å². The van der Waals surface area contributed by atoms with E-state index in [2.05, 4.69) is 5.32 Å². The molecule has 0 fully saturated rings. The topological polar surface area (TPSA) is 92.4 Å². The molecule has 1 unspecified atom stereocenters. The molecule has 0 aliphatic carbocycles. The van der Waals surface area contributed by atoms with Gasteiger partial charge in [0.15, 0.2) is 0 Å². The molecule has 0 radical (unpaired) electrons. The first-order chi connectivity index (χ1) is 9.86. The summed E-state index contributed by atoms with van der Waals surface area (Å²) in [7, 11) is -3.68. The zero-order valence-electron chi connectivity index (χ0n) is 11.7. The maximum atomic E-state index is 11.3. The van der Waals surface area contributed by atoms with Crippen molar-refractivity contribution >= 4 is 10.0 Å². The van der Waals surface area contributed by atoms with Gasteiger partial charge in [-0.25, -0.2) is 13.6 Å². The first-order valence-corrected chi connectivity index (χ1v) is 8.05. The van der Waals surface area contributed by atoms with E-state index < -0.39 is 10.0 Å². The van der Waals surface area contributed by atoms with E-state index in [0.717, 1.165) is 11.1 Å². The number of primary sulfonamides is 1. The largest absolute Gasteiger partial charge is 0.508 e. The molecule has 2 aromatic carbocycles. The van der Waals surface area contributed by atoms with Gasteiger partial charge in [0.25, 0.3) is 0 Å². The summed E-state index contributed by atoms with van der Waals surface area (Å²) in [6.45, 7) is 2.52. The number of hydrogen-bond acceptors (Lipinski definition) is 4. The third-order valence-corrected chi connectivity index (χ3v) is 4.14. The van der Waals surface area contributed by atoms with Crippen LogP contribution in [0.3, 0.4) is 0 Å². The zero-order chi connectivity index (χ0) is 15.5. The molecule has 112 valence electrons. The van der Waals surface area contributed by atoms with E-state index in [1.54, 1.807) is 24.3 Å². The predicted octanol–water partition coefficient (Wildman–Crippen LogP) is 1.89. The lowest BCUT2D eigenvalue weighted by atomic mass is 10.1. The molecule has 0 spiro atoms. The number of benzene rings is 2. The SMILES string of the molecule is CC(NCc1cccc(S(N)(=O)=O)c1)c1ccc(O)cc1. The van der Waals surface area contributed by atoms with Crippen molar-refractivity contribution in [2.24, 2.45) is 5.14 Å². The number of aromatic hydroxyl groups is 1. The molecule has 21 heavy (non-hydrogen) atoms. The van der Waals surface area contributed by atoms with Crippen molar-refractivity contribution in [3.63, 3.8) is 0 Å². The van der Waals surface area contributed by atoms with Crippen LogP contribution in [0.25, 0.3) is 0 Å². The van der Waals surface area contributed by atoms with Crippen molar-refractivity contribution in [3.8, 4) is 5.75 Å². The molecule has 0 aliphatic heterocycles. The van der Waals surface area contributed by atoms with Crippen LogP contribution in [-0.2, 0) is 16.6 Å². The molecule has 0 heterocycles. The molecule has 0 saturated heterocycles. The summed E-state index contributed by atoms with van der Waals surface area (Å²) in [5, 5.41) is 17.7. The maximum absolute atomic E-state index is 11.3. The second-order valence-electron chi connectivity index (χ2n) is 4.89. The van der Waals surface area contributed by atoms with Gasteiger partial charge in [-0.1, -0.05) is 24.3 Å². The molecule has 5 nitrogen and oxygen atoms in total. The summed E-state index contributed by atoms with van der Waals surface area (Å²) in [4.78, 5) is 0.110.